The molecule has 1 amide bonds. The van der Waals surface area contributed by atoms with Gasteiger partial charge in [0.1, 0.15) is 0 Å². The molecule has 0 spiro atoms. The van der Waals surface area contributed by atoms with Crippen LogP contribution in [-0.4, -0.2) is 38.3 Å². The fourth-order valence-electron chi connectivity index (χ4n) is 2.81. The van der Waals surface area contributed by atoms with E-state index in [1.807, 2.05) is 6.92 Å². The van der Waals surface area contributed by atoms with Crippen LogP contribution in [0.1, 0.15) is 36.8 Å². The molecule has 2 rings (SSSR count). The van der Waals surface area contributed by atoms with Crippen LogP contribution >= 0.6 is 0 Å². The van der Waals surface area contributed by atoms with Gasteiger partial charge < -0.3 is 15.4 Å². The van der Waals surface area contributed by atoms with Gasteiger partial charge in [-0.1, -0.05) is 29.8 Å². The largest absolute Gasteiger partial charge is 0.383 e. The summed E-state index contributed by atoms with van der Waals surface area (Å²) in [6, 6.07) is 9.02. The summed E-state index contributed by atoms with van der Waals surface area (Å²) in [5.41, 5.74) is 2.74. The normalized spacial score (nSPS) is 22.4. The summed E-state index contributed by atoms with van der Waals surface area (Å²) in [7, 11) is 1.63. The van der Waals surface area contributed by atoms with E-state index < -0.39 is 0 Å². The first-order valence-corrected chi connectivity index (χ1v) is 7.69. The van der Waals surface area contributed by atoms with Gasteiger partial charge in [-0.15, -0.1) is 0 Å². The van der Waals surface area contributed by atoms with Gasteiger partial charge in [0.25, 0.3) is 0 Å². The van der Waals surface area contributed by atoms with E-state index in [2.05, 4.69) is 41.8 Å². The summed E-state index contributed by atoms with van der Waals surface area (Å²) in [6.45, 7) is 5.17. The molecule has 0 radical (unpaired) electrons. The molecule has 4 nitrogen and oxygen atoms in total. The lowest BCUT2D eigenvalue weighted by Crippen LogP contribution is -2.51. The van der Waals surface area contributed by atoms with Gasteiger partial charge in [-0.05, 0) is 38.2 Å². The highest BCUT2D eigenvalue weighted by Crippen LogP contribution is 2.37. The van der Waals surface area contributed by atoms with Crippen LogP contribution in [-0.2, 0) is 9.53 Å². The fourth-order valence-corrected chi connectivity index (χ4v) is 2.81. The number of nitrogens with one attached hydrogen (secondary N) is 2. The summed E-state index contributed by atoms with van der Waals surface area (Å²) in [5, 5.41) is 6.27. The predicted molar refractivity (Wildman–Crippen MR) is 84.4 cm³/mol. The molecule has 1 fully saturated rings. The first-order valence-electron chi connectivity index (χ1n) is 7.69. The van der Waals surface area contributed by atoms with Crippen LogP contribution in [0.2, 0.25) is 0 Å². The van der Waals surface area contributed by atoms with Crippen molar-refractivity contribution in [2.45, 2.75) is 44.7 Å². The number of amides is 1. The molecule has 0 aliphatic heterocycles. The van der Waals surface area contributed by atoms with Crippen LogP contribution in [0.5, 0.6) is 0 Å². The molecule has 1 atom stereocenters. The molecule has 2 N–H and O–H groups in total. The van der Waals surface area contributed by atoms with Gasteiger partial charge in [0.15, 0.2) is 0 Å². The molecule has 4 heteroatoms. The lowest BCUT2D eigenvalue weighted by atomic mass is 9.75. The maximum absolute atomic E-state index is 11.9. The van der Waals surface area contributed by atoms with Gasteiger partial charge in [0, 0.05) is 19.7 Å². The van der Waals surface area contributed by atoms with Crippen molar-refractivity contribution in [2.75, 3.05) is 20.3 Å². The number of carbonyl (C=O) groups is 1. The minimum absolute atomic E-state index is 0.0473. The van der Waals surface area contributed by atoms with Crippen molar-refractivity contribution >= 4 is 5.91 Å². The van der Waals surface area contributed by atoms with E-state index in [-0.39, 0.29) is 11.9 Å². The van der Waals surface area contributed by atoms with Gasteiger partial charge in [-0.3, -0.25) is 4.79 Å². The Morgan fingerprint density at radius 3 is 2.86 bits per heavy atom. The predicted octanol–water partition coefficient (Wildman–Crippen LogP) is 1.98. The van der Waals surface area contributed by atoms with Crippen molar-refractivity contribution in [1.29, 1.82) is 0 Å². The minimum atomic E-state index is -0.148. The van der Waals surface area contributed by atoms with Crippen molar-refractivity contribution in [2.24, 2.45) is 0 Å². The van der Waals surface area contributed by atoms with Crippen molar-refractivity contribution in [3.63, 3.8) is 0 Å². The molecule has 1 aliphatic carbocycles. The molecule has 0 saturated heterocycles. The second kappa shape index (κ2) is 7.57. The number of aryl methyl sites for hydroxylation is 1. The van der Waals surface area contributed by atoms with E-state index in [1.54, 1.807) is 7.11 Å². The Bertz CT molecular complexity index is 470. The Morgan fingerprint density at radius 1 is 1.43 bits per heavy atom. The zero-order valence-corrected chi connectivity index (χ0v) is 13.2. The second-order valence-corrected chi connectivity index (χ2v) is 5.95. The van der Waals surface area contributed by atoms with Gasteiger partial charge in [0.2, 0.25) is 5.91 Å². The monoisotopic (exact) mass is 290 g/mol. The van der Waals surface area contributed by atoms with Crippen molar-refractivity contribution < 1.29 is 9.53 Å². The van der Waals surface area contributed by atoms with E-state index in [0.29, 0.717) is 25.1 Å². The number of ether oxygens (including phenoxy) is 1. The first kappa shape index (κ1) is 16.0. The highest BCUT2D eigenvalue weighted by molar-refractivity contribution is 5.81. The Labute approximate surface area is 127 Å². The molecule has 1 saturated carbocycles. The zero-order chi connectivity index (χ0) is 15.2. The molecule has 1 aromatic rings. The third kappa shape index (κ3) is 4.55. The summed E-state index contributed by atoms with van der Waals surface area (Å²) < 4.78 is 4.92. The van der Waals surface area contributed by atoms with E-state index in [0.717, 1.165) is 12.8 Å². The molecule has 1 unspecified atom stereocenters. The van der Waals surface area contributed by atoms with Crippen molar-refractivity contribution in [3.05, 3.63) is 35.4 Å². The smallest absolute Gasteiger partial charge is 0.236 e. The third-order valence-corrected chi connectivity index (χ3v) is 4.14. The molecule has 116 valence electrons. The quantitative estimate of drug-likeness (QED) is 0.755. The Morgan fingerprint density at radius 2 is 2.19 bits per heavy atom. The van der Waals surface area contributed by atoms with Crippen LogP contribution in [0.3, 0.4) is 0 Å². The average Bonchev–Trinajstić information content (AvgIpc) is 2.42. The average molecular weight is 290 g/mol. The lowest BCUT2D eigenvalue weighted by molar-refractivity contribution is -0.123. The standard InChI is InChI=1S/C17H26N2O2/c1-12-5-4-6-14(9-12)15-10-16(11-15)19-13(2)17(20)18-7-8-21-3/h4-6,9,13,15-16,19H,7-8,10-11H2,1-3H3,(H,18,20). The number of rotatable bonds is 7. The molecule has 0 aromatic heterocycles. The molecular weight excluding hydrogens is 264 g/mol. The SMILES string of the molecule is COCCNC(=O)C(C)NC1CC(c2cccc(C)c2)C1. The number of methoxy groups -OCH3 is 1. The van der Waals surface area contributed by atoms with Crippen LogP contribution < -0.4 is 10.6 Å². The van der Waals surface area contributed by atoms with Crippen LogP contribution in [0, 0.1) is 6.92 Å². The maximum Gasteiger partial charge on any atom is 0.236 e. The van der Waals surface area contributed by atoms with Gasteiger partial charge in [-0.2, -0.15) is 0 Å². The maximum atomic E-state index is 11.9. The third-order valence-electron chi connectivity index (χ3n) is 4.14. The van der Waals surface area contributed by atoms with Crippen LogP contribution in [0.4, 0.5) is 0 Å². The van der Waals surface area contributed by atoms with Crippen LogP contribution in [0.25, 0.3) is 0 Å². The van der Waals surface area contributed by atoms with E-state index >= 15 is 0 Å². The van der Waals surface area contributed by atoms with Crippen molar-refractivity contribution in [1.82, 2.24) is 10.6 Å². The minimum Gasteiger partial charge on any atom is -0.383 e. The molecule has 0 bridgehead atoms. The van der Waals surface area contributed by atoms with E-state index in [9.17, 15) is 4.79 Å². The summed E-state index contributed by atoms with van der Waals surface area (Å²) in [6.07, 6.45) is 2.22. The van der Waals surface area contributed by atoms with Gasteiger partial charge >= 0.3 is 0 Å². The number of benzene rings is 1. The fraction of sp³-hybridized carbons (Fsp3) is 0.588. The summed E-state index contributed by atoms with van der Waals surface area (Å²) in [5.74, 6) is 0.678. The van der Waals surface area contributed by atoms with Crippen LogP contribution in [0.15, 0.2) is 24.3 Å². The molecule has 21 heavy (non-hydrogen) atoms. The number of hydrogen-bond acceptors (Lipinski definition) is 3. The second-order valence-electron chi connectivity index (χ2n) is 5.95. The molecule has 1 aromatic carbocycles. The van der Waals surface area contributed by atoms with Gasteiger partial charge in [0.05, 0.1) is 12.6 Å². The Hall–Kier alpha value is -1.39. The summed E-state index contributed by atoms with van der Waals surface area (Å²) in [4.78, 5) is 11.9. The van der Waals surface area contributed by atoms with Crippen molar-refractivity contribution in [3.8, 4) is 0 Å². The summed E-state index contributed by atoms with van der Waals surface area (Å²) >= 11 is 0. The van der Waals surface area contributed by atoms with E-state index in [1.165, 1.54) is 11.1 Å². The highest BCUT2D eigenvalue weighted by atomic mass is 16.5. The number of hydrogen-bond donors (Lipinski definition) is 2. The number of carbonyl (C=O) groups excluding carboxylic acids is 1. The highest BCUT2D eigenvalue weighted by Gasteiger charge is 2.31. The molecule has 0 heterocycles. The molecule has 1 aliphatic rings. The van der Waals surface area contributed by atoms with E-state index in [4.69, 9.17) is 4.74 Å². The lowest BCUT2D eigenvalue weighted by Gasteiger charge is -2.38. The topological polar surface area (TPSA) is 50.4 Å². The Balaban J connectivity index is 1.71. The first-order chi connectivity index (χ1) is 10.1. The van der Waals surface area contributed by atoms with Gasteiger partial charge in [-0.25, -0.2) is 0 Å². The Kier molecular flexibility index (Phi) is 5.76. The zero-order valence-electron chi connectivity index (χ0n) is 13.2. The molecular formula is C17H26N2O2.